The number of rotatable bonds is 6. The Balaban J connectivity index is 2.05. The van der Waals surface area contributed by atoms with Crippen LogP contribution in [0.25, 0.3) is 0 Å². The molecule has 2 rings (SSSR count). The molecule has 0 bridgehead atoms. The molecule has 1 saturated carbocycles. The maximum absolute atomic E-state index is 12.2. The largest absolute Gasteiger partial charge is 0.353 e. The molecule has 1 aliphatic rings. The molecule has 1 N–H and O–H groups in total. The van der Waals surface area contributed by atoms with Crippen LogP contribution in [0.3, 0.4) is 0 Å². The molecule has 0 spiro atoms. The zero-order valence-corrected chi connectivity index (χ0v) is 16.5. The highest BCUT2D eigenvalue weighted by atomic mass is 32.2. The van der Waals surface area contributed by atoms with Gasteiger partial charge >= 0.3 is 0 Å². The minimum atomic E-state index is -3.44. The third-order valence-corrected chi connectivity index (χ3v) is 5.88. The highest BCUT2D eigenvalue weighted by Crippen LogP contribution is 2.26. The lowest BCUT2D eigenvalue weighted by molar-refractivity contribution is -0.121. The van der Waals surface area contributed by atoms with E-state index in [1.807, 2.05) is 24.3 Å². The van der Waals surface area contributed by atoms with Gasteiger partial charge in [0.25, 0.3) is 0 Å². The van der Waals surface area contributed by atoms with Gasteiger partial charge in [0.15, 0.2) is 0 Å². The molecule has 0 atom stereocenters. The van der Waals surface area contributed by atoms with Crippen LogP contribution >= 0.6 is 0 Å². The van der Waals surface area contributed by atoms with E-state index in [1.54, 1.807) is 0 Å². The number of hydrogen-bond donors (Lipinski definition) is 1. The van der Waals surface area contributed by atoms with Crippen molar-refractivity contribution in [1.29, 1.82) is 0 Å². The van der Waals surface area contributed by atoms with Crippen LogP contribution < -0.4 is 9.62 Å². The Morgan fingerprint density at radius 3 is 2.20 bits per heavy atom. The second-order valence-electron chi connectivity index (χ2n) is 7.93. The molecule has 25 heavy (non-hydrogen) atoms. The van der Waals surface area contributed by atoms with Crippen LogP contribution in [0.2, 0.25) is 0 Å². The van der Waals surface area contributed by atoms with E-state index in [1.165, 1.54) is 10.6 Å². The molecule has 0 saturated heterocycles. The van der Waals surface area contributed by atoms with Crippen molar-refractivity contribution in [2.75, 3.05) is 17.1 Å². The topological polar surface area (TPSA) is 66.5 Å². The van der Waals surface area contributed by atoms with Gasteiger partial charge in [-0.15, -0.1) is 0 Å². The molecule has 1 fully saturated rings. The normalized spacial score (nSPS) is 16.0. The summed E-state index contributed by atoms with van der Waals surface area (Å²) in [5.41, 5.74) is 1.75. The van der Waals surface area contributed by atoms with Crippen LogP contribution in [0.4, 0.5) is 5.69 Å². The molecule has 0 unspecified atom stereocenters. The van der Waals surface area contributed by atoms with E-state index in [4.69, 9.17) is 0 Å². The number of sulfonamides is 1. The summed E-state index contributed by atoms with van der Waals surface area (Å²) in [7, 11) is -3.44. The summed E-state index contributed by atoms with van der Waals surface area (Å²) in [6.07, 6.45) is 5.71. The third kappa shape index (κ3) is 5.73. The van der Waals surface area contributed by atoms with Crippen molar-refractivity contribution >= 4 is 21.6 Å². The number of anilines is 1. The number of nitrogens with zero attached hydrogens (tertiary/aromatic N) is 1. The maximum Gasteiger partial charge on any atom is 0.232 e. The summed E-state index contributed by atoms with van der Waals surface area (Å²) < 4.78 is 25.6. The second-order valence-corrected chi connectivity index (χ2v) is 9.84. The Morgan fingerprint density at radius 1 is 1.16 bits per heavy atom. The van der Waals surface area contributed by atoms with Crippen LogP contribution in [0.15, 0.2) is 24.3 Å². The van der Waals surface area contributed by atoms with Gasteiger partial charge in [-0.1, -0.05) is 45.7 Å². The predicted molar refractivity (Wildman–Crippen MR) is 102 cm³/mol. The summed E-state index contributed by atoms with van der Waals surface area (Å²) in [6, 6.07) is 7.79. The molecule has 0 aromatic heterocycles. The number of amides is 1. The van der Waals surface area contributed by atoms with Gasteiger partial charge in [0, 0.05) is 19.0 Å². The summed E-state index contributed by atoms with van der Waals surface area (Å²) in [5, 5.41) is 3.01. The molecular weight excluding hydrogens is 336 g/mol. The molecule has 0 aliphatic heterocycles. The quantitative estimate of drug-likeness (QED) is 0.841. The van der Waals surface area contributed by atoms with Gasteiger partial charge in [0.2, 0.25) is 15.9 Å². The van der Waals surface area contributed by atoms with Gasteiger partial charge in [0.1, 0.15) is 0 Å². The van der Waals surface area contributed by atoms with Gasteiger partial charge in [-0.2, -0.15) is 0 Å². The lowest BCUT2D eigenvalue weighted by atomic mass is 9.87. The Hall–Kier alpha value is -1.56. The molecule has 1 amide bonds. The molecule has 140 valence electrons. The van der Waals surface area contributed by atoms with E-state index in [0.717, 1.165) is 31.2 Å². The van der Waals surface area contributed by atoms with E-state index < -0.39 is 10.0 Å². The Labute approximate surface area is 151 Å². The van der Waals surface area contributed by atoms with Crippen molar-refractivity contribution in [3.8, 4) is 0 Å². The zero-order valence-electron chi connectivity index (χ0n) is 15.7. The number of nitrogens with one attached hydrogen (secondary N) is 1. The van der Waals surface area contributed by atoms with E-state index >= 15 is 0 Å². The van der Waals surface area contributed by atoms with Crippen molar-refractivity contribution in [3.63, 3.8) is 0 Å². The second kappa shape index (κ2) is 7.77. The third-order valence-electron chi connectivity index (χ3n) is 4.68. The molecule has 1 aromatic carbocycles. The van der Waals surface area contributed by atoms with E-state index in [0.29, 0.717) is 5.69 Å². The fourth-order valence-corrected chi connectivity index (χ4v) is 4.11. The molecule has 1 aliphatic carbocycles. The van der Waals surface area contributed by atoms with Gasteiger partial charge in [-0.25, -0.2) is 8.42 Å². The fraction of sp³-hybridized carbons (Fsp3) is 0.632. The Morgan fingerprint density at radius 2 is 1.72 bits per heavy atom. The minimum Gasteiger partial charge on any atom is -0.353 e. The zero-order chi connectivity index (χ0) is 18.7. The van der Waals surface area contributed by atoms with Gasteiger partial charge in [-0.3, -0.25) is 9.10 Å². The monoisotopic (exact) mass is 366 g/mol. The Kier molecular flexibility index (Phi) is 6.14. The van der Waals surface area contributed by atoms with Crippen molar-refractivity contribution < 1.29 is 13.2 Å². The van der Waals surface area contributed by atoms with E-state index in [-0.39, 0.29) is 30.3 Å². The number of carbonyl (C=O) groups is 1. The first-order chi connectivity index (χ1) is 11.6. The van der Waals surface area contributed by atoms with Crippen LogP contribution in [0.5, 0.6) is 0 Å². The predicted octanol–water partition coefficient (Wildman–Crippen LogP) is 3.20. The van der Waals surface area contributed by atoms with Crippen LogP contribution in [0, 0.1) is 0 Å². The molecular formula is C19H30N2O3S. The number of carbonyl (C=O) groups excluding carboxylic acids is 1. The molecule has 0 radical (unpaired) electrons. The van der Waals surface area contributed by atoms with Crippen LogP contribution in [0.1, 0.15) is 58.4 Å². The van der Waals surface area contributed by atoms with Crippen LogP contribution in [-0.2, 0) is 20.2 Å². The maximum atomic E-state index is 12.2. The smallest absolute Gasteiger partial charge is 0.232 e. The van der Waals surface area contributed by atoms with E-state index in [2.05, 4.69) is 26.1 Å². The minimum absolute atomic E-state index is 0.00954. The first-order valence-corrected chi connectivity index (χ1v) is 10.8. The van der Waals surface area contributed by atoms with Gasteiger partial charge < -0.3 is 5.32 Å². The first kappa shape index (κ1) is 19.8. The van der Waals surface area contributed by atoms with Crippen LogP contribution in [-0.4, -0.2) is 33.2 Å². The first-order valence-electron chi connectivity index (χ1n) is 8.95. The van der Waals surface area contributed by atoms with Gasteiger partial charge in [-0.05, 0) is 36.0 Å². The van der Waals surface area contributed by atoms with E-state index in [9.17, 15) is 13.2 Å². The number of benzene rings is 1. The fourth-order valence-electron chi connectivity index (χ4n) is 3.19. The highest BCUT2D eigenvalue weighted by molar-refractivity contribution is 7.92. The average Bonchev–Trinajstić information content (AvgIpc) is 2.98. The van der Waals surface area contributed by atoms with Crippen molar-refractivity contribution in [1.82, 2.24) is 5.32 Å². The standard InChI is InChI=1S/C19H30N2O3S/c1-19(2,3)15-9-11-17(12-10-15)21(25(4,23)24)14-13-18(22)20-16-7-5-6-8-16/h9-12,16H,5-8,13-14H2,1-4H3,(H,20,22). The lowest BCUT2D eigenvalue weighted by Gasteiger charge is -2.24. The number of hydrogen-bond acceptors (Lipinski definition) is 3. The van der Waals surface area contributed by atoms with Crippen molar-refractivity contribution in [2.45, 2.75) is 64.3 Å². The molecule has 0 heterocycles. The summed E-state index contributed by atoms with van der Waals surface area (Å²) in [5.74, 6) is -0.0770. The average molecular weight is 367 g/mol. The Bertz CT molecular complexity index is 684. The summed E-state index contributed by atoms with van der Waals surface area (Å²) in [6.45, 7) is 6.50. The highest BCUT2D eigenvalue weighted by Gasteiger charge is 2.22. The van der Waals surface area contributed by atoms with Crippen molar-refractivity contribution in [3.05, 3.63) is 29.8 Å². The summed E-state index contributed by atoms with van der Waals surface area (Å²) in [4.78, 5) is 12.1. The molecule has 5 nitrogen and oxygen atoms in total. The summed E-state index contributed by atoms with van der Waals surface area (Å²) >= 11 is 0. The molecule has 6 heteroatoms. The molecule has 1 aromatic rings. The lowest BCUT2D eigenvalue weighted by Crippen LogP contribution is -2.37. The van der Waals surface area contributed by atoms with Crippen molar-refractivity contribution in [2.24, 2.45) is 0 Å². The van der Waals surface area contributed by atoms with Gasteiger partial charge in [0.05, 0.1) is 11.9 Å². The SMILES string of the molecule is CC(C)(C)c1ccc(N(CCC(=O)NC2CCCC2)S(C)(=O)=O)cc1.